The van der Waals surface area contributed by atoms with Crippen LogP contribution in [0.25, 0.3) is 6.08 Å². The van der Waals surface area contributed by atoms with Gasteiger partial charge in [-0.3, -0.25) is 9.59 Å². The maximum absolute atomic E-state index is 13.2. The average molecular weight is 535 g/mol. The molecule has 37 heavy (non-hydrogen) atoms. The van der Waals surface area contributed by atoms with Crippen molar-refractivity contribution in [2.75, 3.05) is 0 Å². The second-order valence-corrected chi connectivity index (χ2v) is 11.9. The van der Waals surface area contributed by atoms with Gasteiger partial charge in [0.15, 0.2) is 5.60 Å². The normalized spacial score (nSPS) is 35.8. The molecule has 2 saturated heterocycles. The molecule has 1 aromatic heterocycles. The van der Waals surface area contributed by atoms with Crippen LogP contribution in [-0.4, -0.2) is 62.1 Å². The lowest BCUT2D eigenvalue weighted by atomic mass is 9.73. The molecule has 0 amide bonds. The fraction of sp³-hybridized carbons (Fsp3) is 0.704. The molecule has 0 unspecified atom stereocenters. The van der Waals surface area contributed by atoms with Crippen molar-refractivity contribution in [3.63, 3.8) is 0 Å². The Balaban J connectivity index is 1.89. The first-order valence-corrected chi connectivity index (χ1v) is 13.6. The summed E-state index contributed by atoms with van der Waals surface area (Å²) >= 11 is 1.31. The van der Waals surface area contributed by atoms with Crippen molar-refractivity contribution in [2.24, 2.45) is 17.3 Å². The smallest absolute Gasteiger partial charge is 0.309 e. The number of hydrogen-bond acceptors (Lipinski definition) is 10. The summed E-state index contributed by atoms with van der Waals surface area (Å²) in [4.78, 5) is 30.5. The monoisotopic (exact) mass is 534 g/mol. The first-order chi connectivity index (χ1) is 17.3. The second-order valence-electron chi connectivity index (χ2n) is 11.0. The zero-order valence-corrected chi connectivity index (χ0v) is 23.0. The fourth-order valence-corrected chi connectivity index (χ4v) is 5.63. The van der Waals surface area contributed by atoms with Crippen molar-refractivity contribution in [3.05, 3.63) is 21.7 Å². The molecule has 0 bridgehead atoms. The van der Waals surface area contributed by atoms with E-state index in [-0.39, 0.29) is 24.7 Å². The number of epoxide rings is 1. The summed E-state index contributed by atoms with van der Waals surface area (Å²) in [5, 5.41) is 43.2. The van der Waals surface area contributed by atoms with Crippen LogP contribution < -0.4 is 0 Å². The molecule has 3 rings (SSSR count). The minimum Gasteiger partial charge on any atom is -0.458 e. The van der Waals surface area contributed by atoms with E-state index in [1.807, 2.05) is 6.92 Å². The molecule has 3 N–H and O–H groups in total. The van der Waals surface area contributed by atoms with Crippen molar-refractivity contribution in [1.29, 1.82) is 5.26 Å². The average Bonchev–Trinajstić information content (AvgIpc) is 3.34. The van der Waals surface area contributed by atoms with Gasteiger partial charge >= 0.3 is 5.97 Å². The van der Waals surface area contributed by atoms with Crippen molar-refractivity contribution >= 4 is 29.2 Å². The van der Waals surface area contributed by atoms with Crippen LogP contribution in [0.5, 0.6) is 0 Å². The van der Waals surface area contributed by atoms with Gasteiger partial charge in [0.05, 0.1) is 36.3 Å². The Morgan fingerprint density at radius 1 is 1.32 bits per heavy atom. The number of ether oxygens (including phenoxy) is 2. The topological polar surface area (TPSA) is 153 Å². The van der Waals surface area contributed by atoms with Crippen molar-refractivity contribution in [3.8, 4) is 6.07 Å². The lowest BCUT2D eigenvalue weighted by molar-refractivity contribution is -0.154. The molecule has 3 heterocycles. The highest BCUT2D eigenvalue weighted by Crippen LogP contribution is 2.45. The Morgan fingerprint density at radius 3 is 2.65 bits per heavy atom. The summed E-state index contributed by atoms with van der Waals surface area (Å²) in [5.41, 5.74) is -0.957. The number of thiazole rings is 1. The van der Waals surface area contributed by atoms with E-state index in [1.54, 1.807) is 39.2 Å². The molecule has 0 spiro atoms. The van der Waals surface area contributed by atoms with Gasteiger partial charge in [-0.15, -0.1) is 11.3 Å². The molecule has 0 saturated carbocycles. The minimum atomic E-state index is -1.31. The number of aliphatic hydroxyl groups excluding tert-OH is 3. The second kappa shape index (κ2) is 11.7. The number of carbonyl (C=O) groups is 2. The third kappa shape index (κ3) is 6.65. The molecule has 10 heteroatoms. The molecule has 9 nitrogen and oxygen atoms in total. The van der Waals surface area contributed by atoms with Crippen LogP contribution in [0, 0.1) is 28.6 Å². The Morgan fingerprint density at radius 2 is 2.03 bits per heavy atom. The first-order valence-electron chi connectivity index (χ1n) is 12.8. The standard InChI is InChI=1S/C27H38N2O7S/c1-15-7-6-8-27(14-28)21(36-27)10-19(16(2)9-18-13-37-22(12-30)29-18)35-23(32)11-20(31)26(4,5)25(34)17(3)24(15)33/h9,13,15,17,19-21,24,30-31,33H,6-8,10-12H2,1-5H3/t15-,17+,19-,20-,21-,24-,27-/m0/s1. The van der Waals surface area contributed by atoms with E-state index in [0.717, 1.165) is 0 Å². The highest BCUT2D eigenvalue weighted by molar-refractivity contribution is 7.09. The lowest BCUT2D eigenvalue weighted by Gasteiger charge is -2.34. The van der Waals surface area contributed by atoms with Gasteiger partial charge in [-0.05, 0) is 43.8 Å². The number of rotatable bonds is 3. The molecule has 0 radical (unpaired) electrons. The van der Waals surface area contributed by atoms with Crippen molar-refractivity contribution in [1.82, 2.24) is 4.98 Å². The molecule has 2 fully saturated rings. The maximum atomic E-state index is 13.2. The van der Waals surface area contributed by atoms with Crippen LogP contribution in [-0.2, 0) is 25.7 Å². The van der Waals surface area contributed by atoms with Gasteiger partial charge in [0.2, 0.25) is 0 Å². The highest BCUT2D eigenvalue weighted by atomic mass is 32.1. The number of Topliss-reactive ketones (excluding diaryl/α,β-unsaturated/α-hetero) is 1. The lowest BCUT2D eigenvalue weighted by Crippen LogP contribution is -2.45. The van der Waals surface area contributed by atoms with E-state index in [4.69, 9.17) is 9.47 Å². The molecule has 204 valence electrons. The van der Waals surface area contributed by atoms with Gasteiger partial charge in [-0.1, -0.05) is 27.7 Å². The van der Waals surface area contributed by atoms with Crippen LogP contribution in [0.4, 0.5) is 0 Å². The number of cyclic esters (lactones) is 1. The summed E-state index contributed by atoms with van der Waals surface area (Å²) < 4.78 is 11.6. The zero-order chi connectivity index (χ0) is 27.5. The van der Waals surface area contributed by atoms with E-state index in [0.29, 0.717) is 35.5 Å². The summed E-state index contributed by atoms with van der Waals surface area (Å²) in [5.74, 6) is -1.94. The number of nitrogens with zero attached hydrogens (tertiary/aromatic N) is 2. The van der Waals surface area contributed by atoms with Crippen LogP contribution in [0.15, 0.2) is 11.0 Å². The predicted molar refractivity (Wildman–Crippen MR) is 137 cm³/mol. The van der Waals surface area contributed by atoms with Gasteiger partial charge in [-0.2, -0.15) is 5.26 Å². The number of nitriles is 1. The number of fused-ring (bicyclic) bond motifs is 1. The molecular formula is C27H38N2O7S. The number of carbonyl (C=O) groups excluding carboxylic acids is 2. The molecule has 0 aromatic carbocycles. The maximum Gasteiger partial charge on any atom is 0.309 e. The van der Waals surface area contributed by atoms with Gasteiger partial charge in [0.25, 0.3) is 0 Å². The Hall–Kier alpha value is -2.16. The molecule has 2 aliphatic rings. The number of ketones is 1. The van der Waals surface area contributed by atoms with Crippen molar-refractivity contribution < 1.29 is 34.4 Å². The Kier molecular flexibility index (Phi) is 9.30. The van der Waals surface area contributed by atoms with E-state index in [9.17, 15) is 30.2 Å². The SMILES string of the molecule is CC(=Cc1csc(CO)n1)[C@@H]1C[C@@H]2O[C@]2(C#N)CCC[C@H](C)[C@H](O)[C@@H](C)C(=O)C(C)(C)[C@@H](O)CC(=O)O1. The van der Waals surface area contributed by atoms with Gasteiger partial charge in [0.1, 0.15) is 29.1 Å². The quantitative estimate of drug-likeness (QED) is 0.392. The van der Waals surface area contributed by atoms with E-state index in [1.165, 1.54) is 11.3 Å². The predicted octanol–water partition coefficient (Wildman–Crippen LogP) is 3.17. The number of esters is 1. The van der Waals surface area contributed by atoms with Crippen molar-refractivity contribution in [2.45, 2.75) is 103 Å². The van der Waals surface area contributed by atoms with Crippen LogP contribution >= 0.6 is 11.3 Å². The molecular weight excluding hydrogens is 496 g/mol. The van der Waals surface area contributed by atoms with E-state index >= 15 is 0 Å². The van der Waals surface area contributed by atoms with Crippen LogP contribution in [0.1, 0.15) is 77.4 Å². The van der Waals surface area contributed by atoms with Gasteiger partial charge < -0.3 is 24.8 Å². The minimum absolute atomic E-state index is 0.169. The van der Waals surface area contributed by atoms with Crippen LogP contribution in [0.2, 0.25) is 0 Å². The summed E-state index contributed by atoms with van der Waals surface area (Å²) in [6.45, 7) is 8.28. The third-order valence-electron chi connectivity index (χ3n) is 7.84. The molecule has 0 aliphatic carbocycles. The van der Waals surface area contributed by atoms with E-state index < -0.39 is 53.7 Å². The van der Waals surface area contributed by atoms with Gasteiger partial charge in [-0.25, -0.2) is 4.98 Å². The Labute approximate surface area is 222 Å². The number of aromatic nitrogens is 1. The highest BCUT2D eigenvalue weighted by Gasteiger charge is 2.57. The summed E-state index contributed by atoms with van der Waals surface area (Å²) in [7, 11) is 0. The Bertz CT molecular complexity index is 1060. The van der Waals surface area contributed by atoms with E-state index in [2.05, 4.69) is 11.1 Å². The van der Waals surface area contributed by atoms with Crippen LogP contribution in [0.3, 0.4) is 0 Å². The third-order valence-corrected chi connectivity index (χ3v) is 8.69. The zero-order valence-electron chi connectivity index (χ0n) is 22.1. The summed E-state index contributed by atoms with van der Waals surface area (Å²) in [6.07, 6.45) is -0.0780. The molecule has 2 aliphatic heterocycles. The van der Waals surface area contributed by atoms with Gasteiger partial charge in [0, 0.05) is 17.7 Å². The number of hydrogen-bond donors (Lipinski definition) is 3. The summed E-state index contributed by atoms with van der Waals surface area (Å²) in [6, 6.07) is 2.27. The number of aliphatic hydroxyl groups is 3. The largest absolute Gasteiger partial charge is 0.458 e. The first kappa shape index (κ1) is 29.4. The molecule has 7 atom stereocenters. The molecule has 1 aromatic rings. The fourth-order valence-electron chi connectivity index (χ4n) is 5.02.